The fraction of sp³-hybridized carbons (Fsp3) is 0. The molecule has 2 aromatic heterocycles. The Morgan fingerprint density at radius 2 is 2.12 bits per heavy atom. The summed E-state index contributed by atoms with van der Waals surface area (Å²) in [6.07, 6.45) is 3.17. The molecule has 2 heterocycles. The highest BCUT2D eigenvalue weighted by Crippen LogP contribution is 2.32. The average molecular weight is 243 g/mol. The van der Waals surface area contributed by atoms with Crippen molar-refractivity contribution in [1.82, 2.24) is 9.97 Å². The van der Waals surface area contributed by atoms with Crippen LogP contribution >= 0.6 is 11.3 Å². The van der Waals surface area contributed by atoms with Gasteiger partial charge in [-0.25, -0.2) is 9.97 Å². The topological polar surface area (TPSA) is 64.9 Å². The van der Waals surface area contributed by atoms with E-state index in [1.165, 1.54) is 0 Å². The lowest BCUT2D eigenvalue weighted by Crippen LogP contribution is -1.90. The van der Waals surface area contributed by atoms with E-state index >= 15 is 0 Å². The van der Waals surface area contributed by atoms with Gasteiger partial charge in [-0.05, 0) is 18.2 Å². The number of rotatable bonds is 2. The van der Waals surface area contributed by atoms with E-state index in [0.29, 0.717) is 11.6 Å². The molecular weight excluding hydrogens is 234 g/mol. The molecule has 5 heteroatoms. The zero-order chi connectivity index (χ0) is 11.7. The molecule has 0 saturated carbocycles. The fourth-order valence-corrected chi connectivity index (χ4v) is 2.21. The predicted molar refractivity (Wildman–Crippen MR) is 67.5 cm³/mol. The van der Waals surface area contributed by atoms with Gasteiger partial charge in [0.25, 0.3) is 0 Å². The van der Waals surface area contributed by atoms with Gasteiger partial charge in [-0.3, -0.25) is 0 Å². The Morgan fingerprint density at radius 1 is 1.18 bits per heavy atom. The Labute approximate surface area is 102 Å². The van der Waals surface area contributed by atoms with Crippen LogP contribution in [-0.4, -0.2) is 9.97 Å². The summed E-state index contributed by atoms with van der Waals surface area (Å²) in [6, 6.07) is 5.61. The molecule has 4 nitrogen and oxygen atoms in total. The van der Waals surface area contributed by atoms with Gasteiger partial charge in [-0.1, -0.05) is 0 Å². The van der Waals surface area contributed by atoms with Crippen LogP contribution < -0.4 is 5.73 Å². The maximum atomic E-state index is 5.81. The van der Waals surface area contributed by atoms with Crippen molar-refractivity contribution in [2.75, 3.05) is 5.73 Å². The van der Waals surface area contributed by atoms with Crippen LogP contribution in [0.3, 0.4) is 0 Å². The van der Waals surface area contributed by atoms with Crippen molar-refractivity contribution in [2.24, 2.45) is 0 Å². The quantitative estimate of drug-likeness (QED) is 0.702. The molecule has 0 atom stereocenters. The number of nitrogen functional groups attached to an aromatic ring is 1. The number of benzene rings is 1. The summed E-state index contributed by atoms with van der Waals surface area (Å²) in [4.78, 5) is 8.45. The monoisotopic (exact) mass is 243 g/mol. The van der Waals surface area contributed by atoms with E-state index in [4.69, 9.17) is 10.2 Å². The fourth-order valence-electron chi connectivity index (χ4n) is 1.66. The summed E-state index contributed by atoms with van der Waals surface area (Å²) in [5.74, 6) is 0.577. The third-order valence-corrected chi connectivity index (χ3v) is 3.00. The number of aromatic nitrogens is 2. The molecule has 17 heavy (non-hydrogen) atoms. The van der Waals surface area contributed by atoms with Crippen molar-refractivity contribution in [3.8, 4) is 22.7 Å². The molecule has 0 unspecified atom stereocenters. The van der Waals surface area contributed by atoms with Crippen molar-refractivity contribution in [3.05, 3.63) is 41.5 Å². The van der Waals surface area contributed by atoms with Crippen molar-refractivity contribution in [3.63, 3.8) is 0 Å². The molecule has 0 fully saturated rings. The highest BCUT2D eigenvalue weighted by Gasteiger charge is 2.12. The first kappa shape index (κ1) is 10.0. The second kappa shape index (κ2) is 4.03. The van der Waals surface area contributed by atoms with Gasteiger partial charge in [0, 0.05) is 22.2 Å². The van der Waals surface area contributed by atoms with Crippen LogP contribution in [-0.2, 0) is 0 Å². The Bertz CT molecular complexity index is 617. The van der Waals surface area contributed by atoms with E-state index in [1.807, 2.05) is 23.6 Å². The summed E-state index contributed by atoms with van der Waals surface area (Å²) < 4.78 is 5.32. The first-order chi connectivity index (χ1) is 8.34. The van der Waals surface area contributed by atoms with E-state index in [2.05, 4.69) is 9.97 Å². The number of anilines is 1. The first-order valence-electron chi connectivity index (χ1n) is 5.02. The Morgan fingerprint density at radius 3 is 2.82 bits per heavy atom. The molecular formula is C12H9N3OS. The van der Waals surface area contributed by atoms with E-state index in [1.54, 1.807) is 29.3 Å². The van der Waals surface area contributed by atoms with Gasteiger partial charge in [0.05, 0.1) is 17.4 Å². The van der Waals surface area contributed by atoms with Gasteiger partial charge >= 0.3 is 0 Å². The third-order valence-electron chi connectivity index (χ3n) is 2.41. The molecule has 0 aliphatic heterocycles. The SMILES string of the molecule is Nc1ccc(-c2ncco2)c(-c2cscn2)c1. The van der Waals surface area contributed by atoms with Crippen LogP contribution in [0.2, 0.25) is 0 Å². The molecule has 0 aliphatic rings. The van der Waals surface area contributed by atoms with Gasteiger partial charge in [-0.15, -0.1) is 11.3 Å². The van der Waals surface area contributed by atoms with Crippen LogP contribution in [0.15, 0.2) is 46.0 Å². The predicted octanol–water partition coefficient (Wildman–Crippen LogP) is 3.05. The van der Waals surface area contributed by atoms with Crippen LogP contribution in [0, 0.1) is 0 Å². The molecule has 0 saturated heterocycles. The molecule has 1 aromatic carbocycles. The summed E-state index contributed by atoms with van der Waals surface area (Å²) in [5.41, 5.74) is 11.0. The number of oxazole rings is 1. The van der Waals surface area contributed by atoms with Crippen molar-refractivity contribution in [1.29, 1.82) is 0 Å². The van der Waals surface area contributed by atoms with Gasteiger partial charge in [0.15, 0.2) is 0 Å². The Balaban J connectivity index is 2.22. The van der Waals surface area contributed by atoms with E-state index < -0.39 is 0 Å². The van der Waals surface area contributed by atoms with E-state index in [9.17, 15) is 0 Å². The largest absolute Gasteiger partial charge is 0.445 e. The zero-order valence-corrected chi connectivity index (χ0v) is 9.65. The van der Waals surface area contributed by atoms with Crippen LogP contribution in [0.1, 0.15) is 0 Å². The van der Waals surface area contributed by atoms with Crippen molar-refractivity contribution >= 4 is 17.0 Å². The number of thiazole rings is 1. The molecule has 0 aliphatic carbocycles. The van der Waals surface area contributed by atoms with E-state index in [-0.39, 0.29) is 0 Å². The molecule has 84 valence electrons. The first-order valence-corrected chi connectivity index (χ1v) is 5.97. The minimum absolute atomic E-state index is 0.577. The third kappa shape index (κ3) is 1.81. The minimum atomic E-state index is 0.577. The summed E-state index contributed by atoms with van der Waals surface area (Å²) in [6.45, 7) is 0. The second-order valence-corrected chi connectivity index (χ2v) is 4.23. The second-order valence-electron chi connectivity index (χ2n) is 3.52. The Hall–Kier alpha value is -2.14. The van der Waals surface area contributed by atoms with Gasteiger partial charge in [0.1, 0.15) is 6.26 Å². The highest BCUT2D eigenvalue weighted by atomic mass is 32.1. The van der Waals surface area contributed by atoms with Gasteiger partial charge < -0.3 is 10.2 Å². The number of hydrogen-bond donors (Lipinski definition) is 1. The molecule has 0 amide bonds. The smallest absolute Gasteiger partial charge is 0.226 e. The molecule has 2 N–H and O–H groups in total. The van der Waals surface area contributed by atoms with Gasteiger partial charge in [-0.2, -0.15) is 0 Å². The standard InChI is InChI=1S/C12H9N3OS/c13-8-1-2-9(12-14-3-4-16-12)10(5-8)11-6-17-7-15-11/h1-7H,13H2. The van der Waals surface area contributed by atoms with Crippen LogP contribution in [0.25, 0.3) is 22.7 Å². The lowest BCUT2D eigenvalue weighted by atomic mass is 10.0. The number of nitrogens with zero attached hydrogens (tertiary/aromatic N) is 2. The molecule has 0 radical (unpaired) electrons. The highest BCUT2D eigenvalue weighted by molar-refractivity contribution is 7.07. The Kier molecular flexibility index (Phi) is 2.38. The van der Waals surface area contributed by atoms with Crippen LogP contribution in [0.4, 0.5) is 5.69 Å². The molecule has 0 bridgehead atoms. The molecule has 3 rings (SSSR count). The van der Waals surface area contributed by atoms with E-state index in [0.717, 1.165) is 16.8 Å². The zero-order valence-electron chi connectivity index (χ0n) is 8.83. The molecule has 0 spiro atoms. The number of nitrogens with two attached hydrogens (primary N) is 1. The maximum absolute atomic E-state index is 5.81. The summed E-state index contributed by atoms with van der Waals surface area (Å²) in [7, 11) is 0. The normalized spacial score (nSPS) is 10.6. The summed E-state index contributed by atoms with van der Waals surface area (Å²) in [5, 5.41) is 1.97. The lowest BCUT2D eigenvalue weighted by Gasteiger charge is -2.05. The molecule has 3 aromatic rings. The van der Waals surface area contributed by atoms with Crippen molar-refractivity contribution in [2.45, 2.75) is 0 Å². The minimum Gasteiger partial charge on any atom is -0.445 e. The average Bonchev–Trinajstić information content (AvgIpc) is 3.02. The van der Waals surface area contributed by atoms with Crippen molar-refractivity contribution < 1.29 is 4.42 Å². The van der Waals surface area contributed by atoms with Crippen LogP contribution in [0.5, 0.6) is 0 Å². The number of hydrogen-bond acceptors (Lipinski definition) is 5. The van der Waals surface area contributed by atoms with Gasteiger partial charge in [0.2, 0.25) is 5.89 Å². The summed E-state index contributed by atoms with van der Waals surface area (Å²) >= 11 is 1.54. The lowest BCUT2D eigenvalue weighted by molar-refractivity contribution is 0.575. The maximum Gasteiger partial charge on any atom is 0.226 e.